The van der Waals surface area contributed by atoms with E-state index in [0.29, 0.717) is 12.5 Å². The van der Waals surface area contributed by atoms with Crippen LogP contribution in [0.5, 0.6) is 0 Å². The molecular weight excluding hydrogens is 160 g/mol. The SMILES string of the molecule is [CH2]CCCC1CCC(C)CC1CO. The molecule has 1 fully saturated rings. The average Bonchev–Trinajstić information content (AvgIpc) is 2.16. The average molecular weight is 183 g/mol. The molecule has 1 radical (unpaired) electrons. The lowest BCUT2D eigenvalue weighted by Crippen LogP contribution is -2.26. The Morgan fingerprint density at radius 2 is 2.08 bits per heavy atom. The molecule has 0 saturated heterocycles. The van der Waals surface area contributed by atoms with Crippen LogP contribution >= 0.6 is 0 Å². The summed E-state index contributed by atoms with van der Waals surface area (Å²) in [6.07, 6.45) is 7.48. The highest BCUT2D eigenvalue weighted by Crippen LogP contribution is 2.36. The van der Waals surface area contributed by atoms with Crippen LogP contribution in [-0.4, -0.2) is 11.7 Å². The molecule has 1 aliphatic carbocycles. The van der Waals surface area contributed by atoms with Crippen LogP contribution in [0.4, 0.5) is 0 Å². The zero-order valence-corrected chi connectivity index (χ0v) is 8.84. The maximum Gasteiger partial charge on any atom is 0.0462 e. The van der Waals surface area contributed by atoms with E-state index in [4.69, 9.17) is 0 Å². The van der Waals surface area contributed by atoms with Crippen molar-refractivity contribution in [1.29, 1.82) is 0 Å². The molecule has 0 aromatic rings. The van der Waals surface area contributed by atoms with Gasteiger partial charge < -0.3 is 5.11 Å². The highest BCUT2D eigenvalue weighted by atomic mass is 16.3. The summed E-state index contributed by atoms with van der Waals surface area (Å²) in [7, 11) is 0. The second-order valence-corrected chi connectivity index (χ2v) is 4.62. The Hall–Kier alpha value is -0.0400. The van der Waals surface area contributed by atoms with Crippen LogP contribution in [0.1, 0.15) is 45.4 Å². The highest BCUT2D eigenvalue weighted by molar-refractivity contribution is 4.78. The van der Waals surface area contributed by atoms with Gasteiger partial charge in [0, 0.05) is 6.61 Å². The third-order valence-electron chi connectivity index (χ3n) is 3.46. The van der Waals surface area contributed by atoms with Crippen LogP contribution < -0.4 is 0 Å². The predicted octanol–water partition coefficient (Wildman–Crippen LogP) is 3.04. The first-order valence-electron chi connectivity index (χ1n) is 5.68. The minimum absolute atomic E-state index is 0.395. The number of hydrogen-bond donors (Lipinski definition) is 1. The van der Waals surface area contributed by atoms with Gasteiger partial charge in [0.15, 0.2) is 0 Å². The van der Waals surface area contributed by atoms with E-state index in [1.54, 1.807) is 0 Å². The van der Waals surface area contributed by atoms with Crippen molar-refractivity contribution in [3.63, 3.8) is 0 Å². The zero-order chi connectivity index (χ0) is 9.68. The van der Waals surface area contributed by atoms with Gasteiger partial charge in [0.1, 0.15) is 0 Å². The maximum absolute atomic E-state index is 9.26. The standard InChI is InChI=1S/C12H23O/c1-3-4-5-11-7-6-10(2)8-12(11)9-13/h10-13H,1,3-9H2,2H3. The lowest BCUT2D eigenvalue weighted by molar-refractivity contribution is 0.104. The minimum atomic E-state index is 0.395. The van der Waals surface area contributed by atoms with Crippen LogP contribution in [0.3, 0.4) is 0 Å². The van der Waals surface area contributed by atoms with E-state index in [0.717, 1.165) is 18.3 Å². The van der Waals surface area contributed by atoms with E-state index >= 15 is 0 Å². The molecule has 1 N–H and O–H groups in total. The Kier molecular flexibility index (Phi) is 4.79. The monoisotopic (exact) mass is 183 g/mol. The predicted molar refractivity (Wildman–Crippen MR) is 56.3 cm³/mol. The van der Waals surface area contributed by atoms with E-state index in [2.05, 4.69) is 13.8 Å². The Morgan fingerprint density at radius 3 is 2.69 bits per heavy atom. The summed E-state index contributed by atoms with van der Waals surface area (Å²) in [4.78, 5) is 0. The van der Waals surface area contributed by atoms with Gasteiger partial charge in [0.05, 0.1) is 0 Å². The number of hydrogen-bond acceptors (Lipinski definition) is 1. The van der Waals surface area contributed by atoms with Crippen molar-refractivity contribution in [2.75, 3.05) is 6.61 Å². The van der Waals surface area contributed by atoms with E-state index in [-0.39, 0.29) is 0 Å². The number of rotatable bonds is 4. The van der Waals surface area contributed by atoms with Crippen molar-refractivity contribution >= 4 is 0 Å². The van der Waals surface area contributed by atoms with Gasteiger partial charge in [-0.05, 0) is 30.6 Å². The zero-order valence-electron chi connectivity index (χ0n) is 8.84. The van der Waals surface area contributed by atoms with E-state index in [9.17, 15) is 5.11 Å². The molecule has 1 aliphatic rings. The van der Waals surface area contributed by atoms with Crippen molar-refractivity contribution < 1.29 is 5.11 Å². The first-order valence-corrected chi connectivity index (χ1v) is 5.68. The van der Waals surface area contributed by atoms with Gasteiger partial charge in [0.25, 0.3) is 0 Å². The van der Waals surface area contributed by atoms with E-state index < -0.39 is 0 Å². The summed E-state index contributed by atoms with van der Waals surface area (Å²) in [5, 5.41) is 9.26. The summed E-state index contributed by atoms with van der Waals surface area (Å²) in [6, 6.07) is 0. The molecule has 1 rings (SSSR count). The van der Waals surface area contributed by atoms with Gasteiger partial charge in [-0.25, -0.2) is 0 Å². The molecule has 0 amide bonds. The lowest BCUT2D eigenvalue weighted by atomic mass is 9.73. The number of aliphatic hydroxyl groups excluding tert-OH is 1. The Balaban J connectivity index is 2.33. The summed E-state index contributed by atoms with van der Waals surface area (Å²) in [6.45, 7) is 6.57. The highest BCUT2D eigenvalue weighted by Gasteiger charge is 2.27. The van der Waals surface area contributed by atoms with Gasteiger partial charge in [-0.1, -0.05) is 39.5 Å². The molecule has 0 spiro atoms. The van der Waals surface area contributed by atoms with Crippen molar-refractivity contribution in [3.05, 3.63) is 6.92 Å². The Morgan fingerprint density at radius 1 is 1.31 bits per heavy atom. The summed E-state index contributed by atoms with van der Waals surface area (Å²) in [5.41, 5.74) is 0. The summed E-state index contributed by atoms with van der Waals surface area (Å²) in [5.74, 6) is 2.19. The summed E-state index contributed by atoms with van der Waals surface area (Å²) >= 11 is 0. The Labute approximate surface area is 82.5 Å². The molecule has 0 bridgehead atoms. The second kappa shape index (κ2) is 5.64. The van der Waals surface area contributed by atoms with Crippen LogP contribution in [0.25, 0.3) is 0 Å². The fourth-order valence-electron chi connectivity index (χ4n) is 2.57. The van der Waals surface area contributed by atoms with Crippen LogP contribution in [0.15, 0.2) is 0 Å². The van der Waals surface area contributed by atoms with Crippen molar-refractivity contribution in [2.45, 2.75) is 45.4 Å². The fourth-order valence-corrected chi connectivity index (χ4v) is 2.57. The fraction of sp³-hybridized carbons (Fsp3) is 0.917. The van der Waals surface area contributed by atoms with Crippen LogP contribution in [0, 0.1) is 24.7 Å². The molecule has 0 aromatic heterocycles. The van der Waals surface area contributed by atoms with Crippen LogP contribution in [-0.2, 0) is 0 Å². The van der Waals surface area contributed by atoms with Gasteiger partial charge >= 0.3 is 0 Å². The number of unbranched alkanes of at least 4 members (excludes halogenated alkanes) is 1. The summed E-state index contributed by atoms with van der Waals surface area (Å²) < 4.78 is 0. The van der Waals surface area contributed by atoms with Gasteiger partial charge in [-0.3, -0.25) is 0 Å². The molecule has 0 aromatic carbocycles. The van der Waals surface area contributed by atoms with Crippen LogP contribution in [0.2, 0.25) is 0 Å². The molecular formula is C12H23O. The van der Waals surface area contributed by atoms with E-state index in [1.807, 2.05) is 0 Å². The molecule has 3 atom stereocenters. The largest absolute Gasteiger partial charge is 0.396 e. The molecule has 0 aliphatic heterocycles. The molecule has 1 heteroatoms. The quantitative estimate of drug-likeness (QED) is 0.710. The topological polar surface area (TPSA) is 20.2 Å². The normalized spacial score (nSPS) is 34.8. The molecule has 77 valence electrons. The second-order valence-electron chi connectivity index (χ2n) is 4.62. The van der Waals surface area contributed by atoms with Gasteiger partial charge in [0.2, 0.25) is 0 Å². The lowest BCUT2D eigenvalue weighted by Gasteiger charge is -2.33. The molecule has 3 unspecified atom stereocenters. The Bertz CT molecular complexity index is 131. The third-order valence-corrected chi connectivity index (χ3v) is 3.46. The molecule has 13 heavy (non-hydrogen) atoms. The van der Waals surface area contributed by atoms with E-state index in [1.165, 1.54) is 32.1 Å². The van der Waals surface area contributed by atoms with Crippen molar-refractivity contribution in [3.8, 4) is 0 Å². The maximum atomic E-state index is 9.26. The first kappa shape index (κ1) is 11.0. The third kappa shape index (κ3) is 3.30. The van der Waals surface area contributed by atoms with Gasteiger partial charge in [-0.15, -0.1) is 0 Å². The first-order chi connectivity index (χ1) is 6.27. The smallest absolute Gasteiger partial charge is 0.0462 e. The molecule has 1 saturated carbocycles. The number of aliphatic hydroxyl groups is 1. The van der Waals surface area contributed by atoms with Gasteiger partial charge in [-0.2, -0.15) is 0 Å². The molecule has 1 nitrogen and oxygen atoms in total. The van der Waals surface area contributed by atoms with Crippen molar-refractivity contribution in [1.82, 2.24) is 0 Å². The molecule has 0 heterocycles. The minimum Gasteiger partial charge on any atom is -0.396 e. The van der Waals surface area contributed by atoms with Crippen molar-refractivity contribution in [2.24, 2.45) is 17.8 Å².